The molecule has 1 aliphatic rings. The number of hydrogen-bond acceptors (Lipinski definition) is 4. The van der Waals surface area contributed by atoms with Crippen molar-refractivity contribution in [3.63, 3.8) is 0 Å². The predicted octanol–water partition coefficient (Wildman–Crippen LogP) is 2.98. The Morgan fingerprint density at radius 3 is 2.53 bits per heavy atom. The van der Waals surface area contributed by atoms with Crippen molar-refractivity contribution in [1.29, 1.82) is 0 Å². The highest BCUT2D eigenvalue weighted by Crippen LogP contribution is 2.22. The predicted molar refractivity (Wildman–Crippen MR) is 82.9 cm³/mol. The van der Waals surface area contributed by atoms with Crippen LogP contribution < -0.4 is 0 Å². The number of thioether (sulfide) groups is 1. The van der Waals surface area contributed by atoms with E-state index in [-0.39, 0.29) is 5.54 Å². The van der Waals surface area contributed by atoms with E-state index in [0.717, 1.165) is 39.1 Å². The van der Waals surface area contributed by atoms with Gasteiger partial charge in [0.25, 0.3) is 0 Å². The van der Waals surface area contributed by atoms with Crippen molar-refractivity contribution >= 4 is 17.5 Å². The lowest BCUT2D eigenvalue weighted by Crippen LogP contribution is -2.54. The second kappa shape index (κ2) is 8.28. The summed E-state index contributed by atoms with van der Waals surface area (Å²) < 4.78 is 5.36. The second-order valence-electron chi connectivity index (χ2n) is 5.74. The summed E-state index contributed by atoms with van der Waals surface area (Å²) in [4.78, 5) is 14.7. The van der Waals surface area contributed by atoms with Crippen molar-refractivity contribution in [2.75, 3.05) is 32.6 Å². The number of Topliss-reactive ketones (excluding diaryl/α,β-unsaturated/α-hetero) is 1. The van der Waals surface area contributed by atoms with Gasteiger partial charge in [-0.3, -0.25) is 9.69 Å². The highest BCUT2D eigenvalue weighted by Gasteiger charge is 2.34. The van der Waals surface area contributed by atoms with E-state index in [2.05, 4.69) is 31.9 Å². The van der Waals surface area contributed by atoms with E-state index in [4.69, 9.17) is 4.74 Å². The Morgan fingerprint density at radius 1 is 1.37 bits per heavy atom. The Morgan fingerprint density at radius 2 is 2.00 bits per heavy atom. The van der Waals surface area contributed by atoms with Gasteiger partial charge in [0.2, 0.25) is 0 Å². The molecule has 1 heterocycles. The van der Waals surface area contributed by atoms with Crippen LogP contribution >= 0.6 is 11.8 Å². The van der Waals surface area contributed by atoms with Gasteiger partial charge in [-0.1, -0.05) is 6.92 Å². The largest absolute Gasteiger partial charge is 0.379 e. The molecule has 3 nitrogen and oxygen atoms in total. The molecule has 0 radical (unpaired) electrons. The van der Waals surface area contributed by atoms with Gasteiger partial charge in [0, 0.05) is 24.8 Å². The number of nitrogens with zero attached hydrogens (tertiary/aromatic N) is 1. The molecule has 0 saturated carbocycles. The van der Waals surface area contributed by atoms with Crippen LogP contribution in [0.25, 0.3) is 0 Å². The Labute approximate surface area is 122 Å². The van der Waals surface area contributed by atoms with E-state index in [0.29, 0.717) is 17.5 Å². The third-order valence-electron chi connectivity index (χ3n) is 4.20. The second-order valence-corrected chi connectivity index (χ2v) is 6.88. The van der Waals surface area contributed by atoms with Gasteiger partial charge in [0.05, 0.1) is 18.8 Å². The highest BCUT2D eigenvalue weighted by molar-refractivity contribution is 7.99. The molecule has 0 spiro atoms. The first kappa shape index (κ1) is 17.0. The van der Waals surface area contributed by atoms with E-state index in [1.54, 1.807) is 0 Å². The zero-order valence-corrected chi connectivity index (χ0v) is 13.7. The van der Waals surface area contributed by atoms with Crippen LogP contribution in [0.15, 0.2) is 0 Å². The number of ether oxygens (including phenoxy) is 1. The monoisotopic (exact) mass is 287 g/mol. The van der Waals surface area contributed by atoms with Gasteiger partial charge in [-0.2, -0.15) is 11.8 Å². The zero-order chi connectivity index (χ0) is 14.3. The van der Waals surface area contributed by atoms with Crippen LogP contribution in [0.5, 0.6) is 0 Å². The number of morpholine rings is 1. The normalized spacial score (nSPS) is 19.4. The highest BCUT2D eigenvalue weighted by atomic mass is 32.2. The molecule has 0 N–H and O–H groups in total. The fraction of sp³-hybridized carbons (Fsp3) is 0.933. The summed E-state index contributed by atoms with van der Waals surface area (Å²) in [6.07, 6.45) is 6.24. The minimum Gasteiger partial charge on any atom is -0.379 e. The van der Waals surface area contributed by atoms with Crippen LogP contribution in [0.3, 0.4) is 0 Å². The summed E-state index contributed by atoms with van der Waals surface area (Å²) in [6, 6.07) is 0. The lowest BCUT2D eigenvalue weighted by molar-refractivity contribution is -0.132. The van der Waals surface area contributed by atoms with Crippen molar-refractivity contribution in [3.05, 3.63) is 0 Å². The van der Waals surface area contributed by atoms with E-state index in [1.165, 1.54) is 6.42 Å². The van der Waals surface area contributed by atoms with Crippen LogP contribution in [0.1, 0.15) is 46.5 Å². The van der Waals surface area contributed by atoms with Crippen molar-refractivity contribution in [2.45, 2.75) is 57.2 Å². The van der Waals surface area contributed by atoms with Crippen LogP contribution in [0.4, 0.5) is 0 Å². The number of hydrogen-bond donors (Lipinski definition) is 0. The summed E-state index contributed by atoms with van der Waals surface area (Å²) in [5, 5.41) is 0.708. The first-order valence-electron chi connectivity index (χ1n) is 7.41. The Balaban J connectivity index is 2.38. The zero-order valence-electron chi connectivity index (χ0n) is 12.9. The van der Waals surface area contributed by atoms with Gasteiger partial charge in [-0.25, -0.2) is 0 Å². The van der Waals surface area contributed by atoms with E-state index in [1.807, 2.05) is 11.8 Å². The summed E-state index contributed by atoms with van der Waals surface area (Å²) in [5.74, 6) is 0.380. The third kappa shape index (κ3) is 5.09. The molecule has 0 aliphatic carbocycles. The molecule has 1 aliphatic heterocycles. The molecule has 19 heavy (non-hydrogen) atoms. The van der Waals surface area contributed by atoms with Crippen LogP contribution in [0.2, 0.25) is 0 Å². The fourth-order valence-corrected chi connectivity index (χ4v) is 3.32. The van der Waals surface area contributed by atoms with E-state index in [9.17, 15) is 4.79 Å². The van der Waals surface area contributed by atoms with Crippen molar-refractivity contribution in [3.8, 4) is 0 Å². The molecule has 0 bridgehead atoms. The molecule has 0 aromatic rings. The van der Waals surface area contributed by atoms with Crippen LogP contribution in [0, 0.1) is 0 Å². The van der Waals surface area contributed by atoms with Crippen LogP contribution in [-0.2, 0) is 9.53 Å². The van der Waals surface area contributed by atoms with Crippen molar-refractivity contribution in [2.24, 2.45) is 0 Å². The minimum absolute atomic E-state index is 0.329. The standard InChI is InChI=1S/C15H29NO2S/c1-5-13(19-4)7-6-8-14(17)15(2,3)16-9-11-18-12-10-16/h13H,5-12H2,1-4H3. The molecule has 1 atom stereocenters. The average molecular weight is 287 g/mol. The molecule has 0 aromatic heterocycles. The lowest BCUT2D eigenvalue weighted by atomic mass is 9.92. The van der Waals surface area contributed by atoms with Gasteiger partial charge in [0.15, 0.2) is 5.78 Å². The molecule has 1 saturated heterocycles. The van der Waals surface area contributed by atoms with E-state index >= 15 is 0 Å². The lowest BCUT2D eigenvalue weighted by Gasteiger charge is -2.39. The molecule has 1 unspecified atom stereocenters. The van der Waals surface area contributed by atoms with Crippen molar-refractivity contribution < 1.29 is 9.53 Å². The van der Waals surface area contributed by atoms with Crippen LogP contribution in [-0.4, -0.2) is 54.0 Å². The van der Waals surface area contributed by atoms with Gasteiger partial charge in [-0.15, -0.1) is 0 Å². The summed E-state index contributed by atoms with van der Waals surface area (Å²) >= 11 is 1.92. The fourth-order valence-electron chi connectivity index (χ4n) is 2.58. The first-order valence-corrected chi connectivity index (χ1v) is 8.70. The van der Waals surface area contributed by atoms with Gasteiger partial charge in [0.1, 0.15) is 0 Å². The minimum atomic E-state index is -0.329. The molecule has 4 heteroatoms. The third-order valence-corrected chi connectivity index (χ3v) is 5.44. The van der Waals surface area contributed by atoms with E-state index < -0.39 is 0 Å². The average Bonchev–Trinajstić information content (AvgIpc) is 2.44. The number of carbonyl (C=O) groups excluding carboxylic acids is 1. The quantitative estimate of drug-likeness (QED) is 0.686. The van der Waals surface area contributed by atoms with Gasteiger partial charge in [-0.05, 0) is 39.4 Å². The maximum atomic E-state index is 12.4. The van der Waals surface area contributed by atoms with Gasteiger partial charge < -0.3 is 4.74 Å². The number of carbonyl (C=O) groups is 1. The molecular formula is C15H29NO2S. The Bertz CT molecular complexity index is 271. The molecular weight excluding hydrogens is 258 g/mol. The van der Waals surface area contributed by atoms with Crippen molar-refractivity contribution in [1.82, 2.24) is 4.90 Å². The maximum Gasteiger partial charge on any atom is 0.152 e. The summed E-state index contributed by atoms with van der Waals surface area (Å²) in [6.45, 7) is 9.60. The molecule has 112 valence electrons. The maximum absolute atomic E-state index is 12.4. The molecule has 0 amide bonds. The Kier molecular flexibility index (Phi) is 7.40. The van der Waals surface area contributed by atoms with Gasteiger partial charge >= 0.3 is 0 Å². The topological polar surface area (TPSA) is 29.5 Å². The molecule has 1 fully saturated rings. The SMILES string of the molecule is CCC(CCCC(=O)C(C)(C)N1CCOCC1)SC. The molecule has 0 aromatic carbocycles. The molecule has 1 rings (SSSR count). The smallest absolute Gasteiger partial charge is 0.152 e. The number of ketones is 1. The summed E-state index contributed by atoms with van der Waals surface area (Å²) in [5.41, 5.74) is -0.329. The number of rotatable bonds is 8. The Hall–Kier alpha value is -0.0600. The first-order chi connectivity index (χ1) is 9.02. The summed E-state index contributed by atoms with van der Waals surface area (Å²) in [7, 11) is 0.